The molecule has 3 aromatic carbocycles. The summed E-state index contributed by atoms with van der Waals surface area (Å²) in [7, 11) is 2.02. The highest BCUT2D eigenvalue weighted by Crippen LogP contribution is 2.41. The van der Waals surface area contributed by atoms with Crippen LogP contribution in [-0.4, -0.2) is 4.98 Å². The highest BCUT2D eigenvalue weighted by molar-refractivity contribution is 6.14. The van der Waals surface area contributed by atoms with Crippen LogP contribution in [0.15, 0.2) is 102 Å². The maximum Gasteiger partial charge on any atom is 0.217 e. The predicted octanol–water partition coefficient (Wildman–Crippen LogP) is 7.67. The molecule has 0 radical (unpaired) electrons. The monoisotopic (exact) mass is 452 g/mol. The van der Waals surface area contributed by atoms with Gasteiger partial charge in [-0.25, -0.2) is 14.4 Å². The van der Waals surface area contributed by atoms with Gasteiger partial charge in [0.15, 0.2) is 6.20 Å². The molecule has 0 spiro atoms. The third-order valence-electron chi connectivity index (χ3n) is 6.50. The van der Waals surface area contributed by atoms with E-state index in [9.17, 15) is 0 Å². The maximum atomic E-state index is 7.92. The molecule has 4 heteroatoms. The summed E-state index contributed by atoms with van der Waals surface area (Å²) < 4.78 is 8.51. The lowest BCUT2D eigenvalue weighted by atomic mass is 9.99. The smallest absolute Gasteiger partial charge is 0.217 e. The van der Waals surface area contributed by atoms with Gasteiger partial charge in [0.1, 0.15) is 12.6 Å². The van der Waals surface area contributed by atoms with E-state index in [-0.39, 0.29) is 0 Å². The molecule has 35 heavy (non-hydrogen) atoms. The van der Waals surface area contributed by atoms with Crippen molar-refractivity contribution in [2.24, 2.45) is 7.05 Å². The van der Waals surface area contributed by atoms with Crippen LogP contribution in [-0.2, 0) is 7.05 Å². The molecule has 3 heterocycles. The molecule has 0 aliphatic carbocycles. The van der Waals surface area contributed by atoms with Crippen molar-refractivity contribution in [2.75, 3.05) is 0 Å². The first-order valence-corrected chi connectivity index (χ1v) is 11.5. The van der Waals surface area contributed by atoms with Crippen LogP contribution in [0.4, 0.5) is 5.69 Å². The van der Waals surface area contributed by atoms with E-state index in [0.29, 0.717) is 11.4 Å². The summed E-state index contributed by atoms with van der Waals surface area (Å²) in [6.45, 7) is 10.0. The number of benzene rings is 3. The maximum absolute atomic E-state index is 7.92. The Morgan fingerprint density at radius 1 is 0.829 bits per heavy atom. The summed E-state index contributed by atoms with van der Waals surface area (Å²) in [5, 5.41) is 1.67. The molecule has 3 aromatic heterocycles. The van der Waals surface area contributed by atoms with Gasteiger partial charge in [-0.05, 0) is 47.4 Å². The van der Waals surface area contributed by atoms with Gasteiger partial charge in [0, 0.05) is 17.5 Å². The van der Waals surface area contributed by atoms with Crippen molar-refractivity contribution in [3.63, 3.8) is 0 Å². The molecule has 0 unspecified atom stereocenters. The lowest BCUT2D eigenvalue weighted by molar-refractivity contribution is -0.660. The molecule has 0 fully saturated rings. The topological polar surface area (TPSA) is 34.3 Å². The van der Waals surface area contributed by atoms with Crippen LogP contribution in [0.2, 0.25) is 0 Å². The Balaban J connectivity index is 1.59. The number of nitrogens with zero attached hydrogens (tertiary/aromatic N) is 3. The fraction of sp³-hybridized carbons (Fsp3) is 0.0645. The molecule has 0 N–H and O–H groups in total. The van der Waals surface area contributed by atoms with Crippen LogP contribution >= 0.6 is 0 Å². The number of fused-ring (bicyclic) bond motifs is 3. The van der Waals surface area contributed by atoms with Crippen molar-refractivity contribution in [1.82, 2.24) is 4.98 Å². The molecule has 6 rings (SSSR count). The first-order chi connectivity index (χ1) is 17.1. The number of aromatic nitrogens is 2. The zero-order valence-electron chi connectivity index (χ0n) is 19.5. The molecule has 0 aliphatic heterocycles. The fourth-order valence-corrected chi connectivity index (χ4v) is 4.74. The fourth-order valence-electron chi connectivity index (χ4n) is 4.74. The third-order valence-corrected chi connectivity index (χ3v) is 6.50. The zero-order valence-corrected chi connectivity index (χ0v) is 19.5. The molecule has 0 amide bonds. The molecule has 0 saturated heterocycles. The van der Waals surface area contributed by atoms with Crippen molar-refractivity contribution < 1.29 is 8.98 Å². The minimum Gasteiger partial charge on any atom is -0.438 e. The van der Waals surface area contributed by atoms with Crippen molar-refractivity contribution >= 4 is 27.8 Å². The van der Waals surface area contributed by atoms with Gasteiger partial charge in [-0.15, -0.1) is 0 Å². The van der Waals surface area contributed by atoms with Crippen LogP contribution in [0.1, 0.15) is 5.56 Å². The molecular weight excluding hydrogens is 430 g/mol. The normalized spacial score (nSPS) is 11.1. The number of rotatable bonds is 3. The number of aryl methyl sites for hydroxylation is 2. The van der Waals surface area contributed by atoms with E-state index in [1.54, 1.807) is 0 Å². The van der Waals surface area contributed by atoms with Gasteiger partial charge in [0.25, 0.3) is 0 Å². The molecule has 4 nitrogen and oxygen atoms in total. The second kappa shape index (κ2) is 8.23. The summed E-state index contributed by atoms with van der Waals surface area (Å²) >= 11 is 0. The Morgan fingerprint density at radius 3 is 2.40 bits per heavy atom. The van der Waals surface area contributed by atoms with E-state index in [4.69, 9.17) is 16.0 Å². The minimum atomic E-state index is 0.485. The SMILES string of the molecule is [C-]#[N+]c1cc(-c2cccc(-c3ccccc3)c2)nc2oc3c(-c4cccc[n+]4C)c(C)ccc3c12. The van der Waals surface area contributed by atoms with Gasteiger partial charge in [-0.3, -0.25) is 0 Å². The Bertz CT molecular complexity index is 1780. The summed E-state index contributed by atoms with van der Waals surface area (Å²) in [6, 6.07) is 30.6. The summed E-state index contributed by atoms with van der Waals surface area (Å²) in [4.78, 5) is 8.77. The number of pyridine rings is 2. The average Bonchev–Trinajstić information content (AvgIpc) is 3.28. The van der Waals surface area contributed by atoms with E-state index in [1.165, 1.54) is 0 Å². The summed E-state index contributed by atoms with van der Waals surface area (Å²) in [5.74, 6) is 0. The highest BCUT2D eigenvalue weighted by Gasteiger charge is 2.22. The Labute approximate surface area is 203 Å². The van der Waals surface area contributed by atoms with E-state index in [2.05, 4.69) is 52.7 Å². The van der Waals surface area contributed by atoms with Gasteiger partial charge >= 0.3 is 0 Å². The predicted molar refractivity (Wildman–Crippen MR) is 140 cm³/mol. The molecule has 166 valence electrons. The first kappa shape index (κ1) is 20.8. The summed E-state index contributed by atoms with van der Waals surface area (Å²) in [6.07, 6.45) is 2.02. The molecule has 0 atom stereocenters. The minimum absolute atomic E-state index is 0.485. The molecule has 0 saturated carbocycles. The third kappa shape index (κ3) is 3.46. The average molecular weight is 453 g/mol. The van der Waals surface area contributed by atoms with Crippen molar-refractivity contribution in [3.8, 4) is 33.6 Å². The van der Waals surface area contributed by atoms with Crippen molar-refractivity contribution in [1.29, 1.82) is 0 Å². The lowest BCUT2D eigenvalue weighted by Crippen LogP contribution is -2.30. The molecule has 6 aromatic rings. The van der Waals surface area contributed by atoms with E-state index >= 15 is 0 Å². The van der Waals surface area contributed by atoms with Crippen LogP contribution in [0.3, 0.4) is 0 Å². The van der Waals surface area contributed by atoms with Gasteiger partial charge in [-0.1, -0.05) is 60.7 Å². The van der Waals surface area contributed by atoms with Crippen molar-refractivity contribution in [3.05, 3.63) is 114 Å². The Hall–Kier alpha value is -4.75. The van der Waals surface area contributed by atoms with Gasteiger partial charge < -0.3 is 4.42 Å². The van der Waals surface area contributed by atoms with Crippen LogP contribution in [0.25, 0.3) is 60.6 Å². The number of hydrogen-bond donors (Lipinski definition) is 0. The lowest BCUT2D eigenvalue weighted by Gasteiger charge is -2.06. The largest absolute Gasteiger partial charge is 0.438 e. The highest BCUT2D eigenvalue weighted by atomic mass is 16.3. The quantitative estimate of drug-likeness (QED) is 0.204. The number of hydrogen-bond acceptors (Lipinski definition) is 2. The number of furan rings is 1. The van der Waals surface area contributed by atoms with Crippen LogP contribution in [0.5, 0.6) is 0 Å². The first-order valence-electron chi connectivity index (χ1n) is 11.5. The van der Waals surface area contributed by atoms with E-state index < -0.39 is 0 Å². The van der Waals surface area contributed by atoms with E-state index in [0.717, 1.165) is 55.6 Å². The standard InChI is InChI=1S/C31H22N3O/c1-20-15-16-24-29-26(32-2)19-25(23-13-9-12-22(18-23)21-10-5-4-6-11-21)33-31(29)35-30(24)28(20)27-14-7-8-17-34(27)3/h4-19H,1,3H3/q+1. The van der Waals surface area contributed by atoms with Gasteiger partial charge in [0.2, 0.25) is 17.1 Å². The zero-order chi connectivity index (χ0) is 23.9. The van der Waals surface area contributed by atoms with E-state index in [1.807, 2.05) is 67.8 Å². The van der Waals surface area contributed by atoms with Gasteiger partial charge in [-0.2, -0.15) is 0 Å². The molecule has 0 aliphatic rings. The van der Waals surface area contributed by atoms with Gasteiger partial charge in [0.05, 0.1) is 23.2 Å². The summed E-state index contributed by atoms with van der Waals surface area (Å²) in [5.41, 5.74) is 8.89. The Morgan fingerprint density at radius 2 is 1.60 bits per heavy atom. The van der Waals surface area contributed by atoms with Crippen molar-refractivity contribution in [2.45, 2.75) is 6.92 Å². The molecular formula is C31H22N3O+. The second-order valence-corrected chi connectivity index (χ2v) is 8.70. The van der Waals surface area contributed by atoms with Crippen LogP contribution in [0, 0.1) is 13.5 Å². The molecule has 0 bridgehead atoms. The second-order valence-electron chi connectivity index (χ2n) is 8.70. The Kier molecular flexibility index (Phi) is 4.90. The van der Waals surface area contributed by atoms with Crippen LogP contribution < -0.4 is 4.57 Å².